The monoisotopic (exact) mass is 256 g/mol. The molecule has 4 nitrogen and oxygen atoms in total. The van der Waals surface area contributed by atoms with Crippen molar-refractivity contribution in [3.63, 3.8) is 0 Å². The Morgan fingerprint density at radius 1 is 1.21 bits per heavy atom. The molecule has 0 aliphatic rings. The van der Waals surface area contributed by atoms with Gasteiger partial charge in [-0.2, -0.15) is 0 Å². The van der Waals surface area contributed by atoms with Gasteiger partial charge >= 0.3 is 0 Å². The number of nitrogens with two attached hydrogens (primary N) is 1. The Kier molecular flexibility index (Phi) is 3.71. The summed E-state index contributed by atoms with van der Waals surface area (Å²) in [6, 6.07) is 12.4. The first-order chi connectivity index (χ1) is 9.10. The summed E-state index contributed by atoms with van der Waals surface area (Å²) in [6.07, 6.45) is 0. The van der Waals surface area contributed by atoms with Crippen LogP contribution in [0, 0.1) is 6.92 Å². The van der Waals surface area contributed by atoms with Crippen LogP contribution in [-0.2, 0) is 0 Å². The lowest BCUT2D eigenvalue weighted by molar-refractivity contribution is 0.102. The van der Waals surface area contributed by atoms with E-state index in [4.69, 9.17) is 10.5 Å². The van der Waals surface area contributed by atoms with Crippen molar-refractivity contribution in [1.82, 2.24) is 0 Å². The summed E-state index contributed by atoms with van der Waals surface area (Å²) in [7, 11) is 1.57. The molecule has 2 aromatic carbocycles. The molecular weight excluding hydrogens is 240 g/mol. The van der Waals surface area contributed by atoms with E-state index in [1.54, 1.807) is 43.5 Å². The molecule has 0 radical (unpaired) electrons. The number of nitrogen functional groups attached to an aromatic ring is 1. The van der Waals surface area contributed by atoms with Crippen molar-refractivity contribution in [1.29, 1.82) is 0 Å². The van der Waals surface area contributed by atoms with Crippen LogP contribution in [0.3, 0.4) is 0 Å². The lowest BCUT2D eigenvalue weighted by atomic mass is 10.1. The summed E-state index contributed by atoms with van der Waals surface area (Å²) in [5.41, 5.74) is 8.59. The molecule has 3 N–H and O–H groups in total. The molecule has 4 heteroatoms. The number of anilines is 2. The fourth-order valence-corrected chi connectivity index (χ4v) is 1.79. The predicted octanol–water partition coefficient (Wildman–Crippen LogP) is 2.84. The third-order valence-electron chi connectivity index (χ3n) is 2.83. The number of nitrogens with one attached hydrogen (secondary N) is 1. The fraction of sp³-hybridized carbons (Fsp3) is 0.133. The van der Waals surface area contributed by atoms with Gasteiger partial charge in [0.25, 0.3) is 5.91 Å². The number of carbonyl (C=O) groups is 1. The van der Waals surface area contributed by atoms with E-state index < -0.39 is 0 Å². The minimum absolute atomic E-state index is 0.174. The molecule has 0 aliphatic carbocycles. The average molecular weight is 256 g/mol. The normalized spacial score (nSPS) is 10.0. The average Bonchev–Trinajstić information content (AvgIpc) is 2.42. The summed E-state index contributed by atoms with van der Waals surface area (Å²) in [6.45, 7) is 1.90. The molecule has 0 fully saturated rings. The molecule has 0 heterocycles. The highest BCUT2D eigenvalue weighted by atomic mass is 16.5. The van der Waals surface area contributed by atoms with E-state index in [0.717, 1.165) is 11.3 Å². The highest BCUT2D eigenvalue weighted by Crippen LogP contribution is 2.19. The topological polar surface area (TPSA) is 64.3 Å². The largest absolute Gasteiger partial charge is 0.497 e. The molecule has 19 heavy (non-hydrogen) atoms. The van der Waals surface area contributed by atoms with Crippen LogP contribution in [0.15, 0.2) is 42.5 Å². The zero-order chi connectivity index (χ0) is 13.8. The van der Waals surface area contributed by atoms with Crippen molar-refractivity contribution < 1.29 is 9.53 Å². The maximum atomic E-state index is 12.1. The van der Waals surface area contributed by atoms with Gasteiger partial charge in [-0.25, -0.2) is 0 Å². The van der Waals surface area contributed by atoms with E-state index in [-0.39, 0.29) is 5.91 Å². The van der Waals surface area contributed by atoms with Crippen LogP contribution < -0.4 is 15.8 Å². The van der Waals surface area contributed by atoms with Gasteiger partial charge < -0.3 is 15.8 Å². The number of rotatable bonds is 3. The molecular formula is C15H16N2O2. The minimum atomic E-state index is -0.174. The third-order valence-corrected chi connectivity index (χ3v) is 2.83. The second kappa shape index (κ2) is 5.44. The van der Waals surface area contributed by atoms with Crippen LogP contribution in [0.5, 0.6) is 5.75 Å². The van der Waals surface area contributed by atoms with Gasteiger partial charge in [0.1, 0.15) is 5.75 Å². The van der Waals surface area contributed by atoms with E-state index in [2.05, 4.69) is 5.32 Å². The molecule has 0 aromatic heterocycles. The summed E-state index contributed by atoms with van der Waals surface area (Å²) in [5.74, 6) is 0.480. The molecule has 0 saturated heterocycles. The van der Waals surface area contributed by atoms with Gasteiger partial charge in [0.15, 0.2) is 0 Å². The van der Waals surface area contributed by atoms with Crippen molar-refractivity contribution in [3.05, 3.63) is 53.6 Å². The second-order valence-corrected chi connectivity index (χ2v) is 4.26. The Labute approximate surface area is 112 Å². The van der Waals surface area contributed by atoms with E-state index in [1.807, 2.05) is 13.0 Å². The van der Waals surface area contributed by atoms with Crippen molar-refractivity contribution in [2.45, 2.75) is 6.92 Å². The van der Waals surface area contributed by atoms with Gasteiger partial charge in [0.2, 0.25) is 0 Å². The van der Waals surface area contributed by atoms with Gasteiger partial charge in [-0.05, 0) is 48.9 Å². The Hall–Kier alpha value is -2.49. The summed E-state index contributed by atoms with van der Waals surface area (Å²) in [4.78, 5) is 12.1. The lowest BCUT2D eigenvalue weighted by Gasteiger charge is -2.09. The van der Waals surface area contributed by atoms with Crippen LogP contribution in [0.2, 0.25) is 0 Å². The molecule has 2 rings (SSSR count). The molecule has 0 spiro atoms. The Bertz CT molecular complexity index is 609. The highest BCUT2D eigenvalue weighted by Gasteiger charge is 2.08. The van der Waals surface area contributed by atoms with E-state index in [9.17, 15) is 4.79 Å². The lowest BCUT2D eigenvalue weighted by Crippen LogP contribution is -2.12. The minimum Gasteiger partial charge on any atom is -0.497 e. The zero-order valence-electron chi connectivity index (χ0n) is 10.9. The number of hydrogen-bond acceptors (Lipinski definition) is 3. The molecule has 0 saturated carbocycles. The van der Waals surface area contributed by atoms with Gasteiger partial charge in [0, 0.05) is 16.9 Å². The maximum Gasteiger partial charge on any atom is 0.255 e. The Balaban J connectivity index is 2.20. The Morgan fingerprint density at radius 2 is 2.00 bits per heavy atom. The SMILES string of the molecule is COc1cccc(C(=O)Nc2ccc(N)cc2C)c1. The first kappa shape index (κ1) is 13.0. The molecule has 0 bridgehead atoms. The smallest absolute Gasteiger partial charge is 0.255 e. The first-order valence-electron chi connectivity index (χ1n) is 5.91. The number of methoxy groups -OCH3 is 1. The van der Waals surface area contributed by atoms with Gasteiger partial charge in [0.05, 0.1) is 7.11 Å². The highest BCUT2D eigenvalue weighted by molar-refractivity contribution is 6.04. The summed E-state index contributed by atoms with van der Waals surface area (Å²) in [5, 5.41) is 2.85. The van der Waals surface area contributed by atoms with Crippen molar-refractivity contribution in [2.75, 3.05) is 18.2 Å². The molecule has 0 unspecified atom stereocenters. The number of ether oxygens (including phenoxy) is 1. The number of benzene rings is 2. The zero-order valence-corrected chi connectivity index (χ0v) is 10.9. The van der Waals surface area contributed by atoms with Gasteiger partial charge in [-0.15, -0.1) is 0 Å². The van der Waals surface area contributed by atoms with Crippen molar-refractivity contribution in [2.24, 2.45) is 0 Å². The quantitative estimate of drug-likeness (QED) is 0.830. The second-order valence-electron chi connectivity index (χ2n) is 4.26. The molecule has 2 aromatic rings. The molecule has 0 aliphatic heterocycles. The van der Waals surface area contributed by atoms with E-state index in [0.29, 0.717) is 17.0 Å². The maximum absolute atomic E-state index is 12.1. The van der Waals surface area contributed by atoms with Crippen LogP contribution in [-0.4, -0.2) is 13.0 Å². The number of hydrogen-bond donors (Lipinski definition) is 2. The van der Waals surface area contributed by atoms with Crippen LogP contribution in [0.1, 0.15) is 15.9 Å². The number of carbonyl (C=O) groups excluding carboxylic acids is 1. The van der Waals surface area contributed by atoms with Crippen molar-refractivity contribution >= 4 is 17.3 Å². The Morgan fingerprint density at radius 3 is 2.68 bits per heavy atom. The van der Waals surface area contributed by atoms with Crippen molar-refractivity contribution in [3.8, 4) is 5.75 Å². The third kappa shape index (κ3) is 3.04. The molecule has 98 valence electrons. The molecule has 1 amide bonds. The van der Waals surface area contributed by atoms with Gasteiger partial charge in [-0.3, -0.25) is 4.79 Å². The number of amides is 1. The predicted molar refractivity (Wildman–Crippen MR) is 76.5 cm³/mol. The van der Waals surface area contributed by atoms with Crippen LogP contribution in [0.4, 0.5) is 11.4 Å². The van der Waals surface area contributed by atoms with Gasteiger partial charge in [-0.1, -0.05) is 6.07 Å². The fourth-order valence-electron chi connectivity index (χ4n) is 1.79. The summed E-state index contributed by atoms with van der Waals surface area (Å²) >= 11 is 0. The van der Waals surface area contributed by atoms with Crippen LogP contribution >= 0.6 is 0 Å². The number of aryl methyl sites for hydroxylation is 1. The first-order valence-corrected chi connectivity index (χ1v) is 5.91. The van der Waals surface area contributed by atoms with E-state index in [1.165, 1.54) is 0 Å². The van der Waals surface area contributed by atoms with E-state index >= 15 is 0 Å². The standard InChI is InChI=1S/C15H16N2O2/c1-10-8-12(16)6-7-14(10)17-15(18)11-4-3-5-13(9-11)19-2/h3-9H,16H2,1-2H3,(H,17,18). The summed E-state index contributed by atoms with van der Waals surface area (Å²) < 4.78 is 5.10. The molecule has 0 atom stereocenters. The van der Waals surface area contributed by atoms with Crippen LogP contribution in [0.25, 0.3) is 0 Å².